The Labute approximate surface area is 148 Å². The van der Waals surface area contributed by atoms with E-state index in [0.29, 0.717) is 5.11 Å². The first kappa shape index (κ1) is 17.9. The molecule has 0 saturated carbocycles. The molecule has 0 aliphatic rings. The lowest BCUT2D eigenvalue weighted by Gasteiger charge is -2.21. The normalized spacial score (nSPS) is 12.2. The third kappa shape index (κ3) is 5.94. The molecule has 2 aromatic rings. The Morgan fingerprint density at radius 1 is 1.22 bits per heavy atom. The minimum Gasteiger partial charge on any atom is -0.363 e. The van der Waals surface area contributed by atoms with E-state index in [2.05, 4.69) is 78.3 Å². The molecule has 3 nitrogen and oxygen atoms in total. The Kier molecular flexibility index (Phi) is 7.02. The standard InChI is InChI=1S/C18H25N3S2/c1-14-7-9-15(10-8-14)17(16-6-4-13-23-16)20-18(22)19-11-5-12-21(2)3/h4,6-10,13,17H,5,11-12H2,1-3H3,(H2,19,20,22)/t17-/m1/s1. The molecule has 2 rings (SSSR count). The van der Waals surface area contributed by atoms with Gasteiger partial charge in [-0.25, -0.2) is 0 Å². The molecule has 124 valence electrons. The van der Waals surface area contributed by atoms with Gasteiger partial charge < -0.3 is 15.5 Å². The van der Waals surface area contributed by atoms with Crippen LogP contribution in [0.3, 0.4) is 0 Å². The number of benzene rings is 1. The van der Waals surface area contributed by atoms with Gasteiger partial charge in [0, 0.05) is 11.4 Å². The van der Waals surface area contributed by atoms with Gasteiger partial charge in [-0.1, -0.05) is 35.9 Å². The number of thiocarbonyl (C=S) groups is 1. The minimum absolute atomic E-state index is 0.101. The predicted octanol–water partition coefficient (Wildman–Crippen LogP) is 3.56. The second-order valence-electron chi connectivity index (χ2n) is 5.92. The topological polar surface area (TPSA) is 27.3 Å². The number of nitrogens with one attached hydrogen (secondary N) is 2. The van der Waals surface area contributed by atoms with E-state index in [1.54, 1.807) is 11.3 Å². The van der Waals surface area contributed by atoms with E-state index in [1.165, 1.54) is 16.0 Å². The van der Waals surface area contributed by atoms with Gasteiger partial charge in [0.15, 0.2) is 5.11 Å². The fraction of sp³-hybridized carbons (Fsp3) is 0.389. The number of nitrogens with zero attached hydrogens (tertiary/aromatic N) is 1. The average Bonchev–Trinajstić information content (AvgIpc) is 3.04. The monoisotopic (exact) mass is 347 g/mol. The van der Waals surface area contributed by atoms with Crippen LogP contribution in [-0.2, 0) is 0 Å². The summed E-state index contributed by atoms with van der Waals surface area (Å²) in [6.07, 6.45) is 1.07. The van der Waals surface area contributed by atoms with Crippen molar-refractivity contribution in [3.05, 3.63) is 57.8 Å². The van der Waals surface area contributed by atoms with Gasteiger partial charge in [-0.2, -0.15) is 0 Å². The summed E-state index contributed by atoms with van der Waals surface area (Å²) in [4.78, 5) is 3.45. The van der Waals surface area contributed by atoms with E-state index in [-0.39, 0.29) is 6.04 Å². The first-order valence-corrected chi connectivity index (χ1v) is 9.14. The second kappa shape index (κ2) is 9.01. The highest BCUT2D eigenvalue weighted by Gasteiger charge is 2.16. The largest absolute Gasteiger partial charge is 0.363 e. The van der Waals surface area contributed by atoms with Crippen LogP contribution >= 0.6 is 23.6 Å². The Balaban J connectivity index is 1.98. The smallest absolute Gasteiger partial charge is 0.167 e. The number of hydrogen-bond acceptors (Lipinski definition) is 3. The van der Waals surface area contributed by atoms with E-state index in [0.717, 1.165) is 19.5 Å². The molecule has 0 fully saturated rings. The van der Waals surface area contributed by atoms with Crippen molar-refractivity contribution in [2.24, 2.45) is 0 Å². The van der Waals surface area contributed by atoms with Crippen molar-refractivity contribution in [3.63, 3.8) is 0 Å². The fourth-order valence-corrected chi connectivity index (χ4v) is 3.33. The number of rotatable bonds is 7. The lowest BCUT2D eigenvalue weighted by Crippen LogP contribution is -2.38. The van der Waals surface area contributed by atoms with Gasteiger partial charge >= 0.3 is 0 Å². The Morgan fingerprint density at radius 2 is 1.96 bits per heavy atom. The van der Waals surface area contributed by atoms with Crippen LogP contribution in [0.1, 0.15) is 28.5 Å². The molecule has 0 unspecified atom stereocenters. The van der Waals surface area contributed by atoms with Crippen LogP contribution in [0.2, 0.25) is 0 Å². The molecule has 0 bridgehead atoms. The van der Waals surface area contributed by atoms with E-state index in [1.807, 2.05) is 0 Å². The summed E-state index contributed by atoms with van der Waals surface area (Å²) in [5.74, 6) is 0. The first-order valence-electron chi connectivity index (χ1n) is 7.85. The third-order valence-electron chi connectivity index (χ3n) is 3.58. The molecule has 5 heteroatoms. The summed E-state index contributed by atoms with van der Waals surface area (Å²) in [7, 11) is 4.17. The Bertz CT molecular complexity index is 591. The molecular weight excluding hydrogens is 322 g/mol. The maximum absolute atomic E-state index is 5.48. The molecule has 0 aliphatic carbocycles. The fourth-order valence-electron chi connectivity index (χ4n) is 2.31. The zero-order chi connectivity index (χ0) is 16.7. The van der Waals surface area contributed by atoms with E-state index in [4.69, 9.17) is 12.2 Å². The van der Waals surface area contributed by atoms with Gasteiger partial charge in [0.25, 0.3) is 0 Å². The van der Waals surface area contributed by atoms with Gasteiger partial charge in [0.2, 0.25) is 0 Å². The molecule has 1 aromatic carbocycles. The van der Waals surface area contributed by atoms with Crippen molar-refractivity contribution < 1.29 is 0 Å². The van der Waals surface area contributed by atoms with Crippen LogP contribution in [0.4, 0.5) is 0 Å². The van der Waals surface area contributed by atoms with Crippen LogP contribution in [0.5, 0.6) is 0 Å². The van der Waals surface area contributed by atoms with E-state index >= 15 is 0 Å². The molecule has 0 saturated heterocycles. The molecule has 0 amide bonds. The van der Waals surface area contributed by atoms with Crippen molar-refractivity contribution in [1.82, 2.24) is 15.5 Å². The molecule has 1 heterocycles. The van der Waals surface area contributed by atoms with Crippen LogP contribution in [0, 0.1) is 6.92 Å². The highest BCUT2D eigenvalue weighted by molar-refractivity contribution is 7.80. The summed E-state index contributed by atoms with van der Waals surface area (Å²) in [5.41, 5.74) is 2.50. The highest BCUT2D eigenvalue weighted by Crippen LogP contribution is 2.26. The number of hydrogen-bond donors (Lipinski definition) is 2. The molecular formula is C18H25N3S2. The first-order chi connectivity index (χ1) is 11.1. The van der Waals surface area contributed by atoms with Crippen molar-refractivity contribution in [1.29, 1.82) is 0 Å². The maximum atomic E-state index is 5.48. The molecule has 0 spiro atoms. The average molecular weight is 348 g/mol. The van der Waals surface area contributed by atoms with Gasteiger partial charge in [-0.15, -0.1) is 11.3 Å². The zero-order valence-electron chi connectivity index (χ0n) is 14.0. The summed E-state index contributed by atoms with van der Waals surface area (Å²) in [6, 6.07) is 13.0. The molecule has 1 aromatic heterocycles. The second-order valence-corrected chi connectivity index (χ2v) is 7.30. The quantitative estimate of drug-likeness (QED) is 0.591. The molecule has 23 heavy (non-hydrogen) atoms. The van der Waals surface area contributed by atoms with Gasteiger partial charge in [-0.3, -0.25) is 0 Å². The van der Waals surface area contributed by atoms with Crippen LogP contribution < -0.4 is 10.6 Å². The van der Waals surface area contributed by atoms with Gasteiger partial charge in [0.05, 0.1) is 6.04 Å². The van der Waals surface area contributed by atoms with Crippen LogP contribution in [0.25, 0.3) is 0 Å². The number of thiophene rings is 1. The summed E-state index contributed by atoms with van der Waals surface area (Å²) in [6.45, 7) is 4.05. The van der Waals surface area contributed by atoms with Gasteiger partial charge in [-0.05, 0) is 63.2 Å². The minimum atomic E-state index is 0.101. The lowest BCUT2D eigenvalue weighted by molar-refractivity contribution is 0.400. The van der Waals surface area contributed by atoms with Crippen molar-refractivity contribution in [2.75, 3.05) is 27.2 Å². The highest BCUT2D eigenvalue weighted by atomic mass is 32.1. The number of aryl methyl sites for hydroxylation is 1. The molecule has 0 radical (unpaired) electrons. The maximum Gasteiger partial charge on any atom is 0.167 e. The summed E-state index contributed by atoms with van der Waals surface area (Å²) < 4.78 is 0. The van der Waals surface area contributed by atoms with Crippen molar-refractivity contribution in [3.8, 4) is 0 Å². The summed E-state index contributed by atoms with van der Waals surface area (Å²) >= 11 is 7.23. The van der Waals surface area contributed by atoms with E-state index in [9.17, 15) is 0 Å². The third-order valence-corrected chi connectivity index (χ3v) is 4.78. The Hall–Kier alpha value is -1.43. The van der Waals surface area contributed by atoms with E-state index < -0.39 is 0 Å². The predicted molar refractivity (Wildman–Crippen MR) is 104 cm³/mol. The summed E-state index contributed by atoms with van der Waals surface area (Å²) in [5, 5.41) is 9.58. The molecule has 2 N–H and O–H groups in total. The SMILES string of the molecule is Cc1ccc([C@@H](NC(=S)NCCCN(C)C)c2cccs2)cc1. The van der Waals surface area contributed by atoms with Gasteiger partial charge in [0.1, 0.15) is 0 Å². The van der Waals surface area contributed by atoms with Crippen LogP contribution in [0.15, 0.2) is 41.8 Å². The molecule has 1 atom stereocenters. The molecule has 0 aliphatic heterocycles. The zero-order valence-corrected chi connectivity index (χ0v) is 15.6. The Morgan fingerprint density at radius 3 is 2.57 bits per heavy atom. The van der Waals surface area contributed by atoms with Crippen molar-refractivity contribution >= 4 is 28.7 Å². The lowest BCUT2D eigenvalue weighted by atomic mass is 10.0. The van der Waals surface area contributed by atoms with Crippen LogP contribution in [-0.4, -0.2) is 37.2 Å². The van der Waals surface area contributed by atoms with Crippen molar-refractivity contribution in [2.45, 2.75) is 19.4 Å².